The van der Waals surface area contributed by atoms with Gasteiger partial charge in [-0.1, -0.05) is 0 Å². The lowest BCUT2D eigenvalue weighted by Gasteiger charge is -2.37. The van der Waals surface area contributed by atoms with Gasteiger partial charge in [-0.3, -0.25) is 14.4 Å². The van der Waals surface area contributed by atoms with Gasteiger partial charge >= 0.3 is 0 Å². The molecule has 2 saturated heterocycles. The quantitative estimate of drug-likeness (QED) is 0.565. The highest BCUT2D eigenvalue weighted by atomic mass is 16.5. The van der Waals surface area contributed by atoms with E-state index in [4.69, 9.17) is 4.74 Å². The molecule has 3 heterocycles. The Morgan fingerprint density at radius 1 is 1.13 bits per heavy atom. The number of Topliss-reactive ketones (excluding diaryl/α,β-unsaturated/α-hetero) is 1. The van der Waals surface area contributed by atoms with Crippen LogP contribution in [0.25, 0.3) is 10.9 Å². The lowest BCUT2D eigenvalue weighted by molar-refractivity contribution is -0.125. The van der Waals surface area contributed by atoms with Crippen molar-refractivity contribution in [2.24, 2.45) is 0 Å². The van der Waals surface area contributed by atoms with Crippen LogP contribution in [0, 0.1) is 0 Å². The van der Waals surface area contributed by atoms with Crippen LogP contribution in [0.5, 0.6) is 5.75 Å². The molecule has 2 atom stereocenters. The minimum Gasteiger partial charge on any atom is -0.493 e. The van der Waals surface area contributed by atoms with E-state index < -0.39 is 11.7 Å². The number of rotatable bonds is 5. The van der Waals surface area contributed by atoms with Crippen LogP contribution in [0.3, 0.4) is 0 Å². The van der Waals surface area contributed by atoms with E-state index in [1.165, 1.54) is 0 Å². The van der Waals surface area contributed by atoms with E-state index in [1.807, 2.05) is 25.7 Å². The minimum absolute atomic E-state index is 0.0398. The number of hydrogen-bond acceptors (Lipinski definition) is 5. The molecule has 0 radical (unpaired) electrons. The maximum Gasteiger partial charge on any atom is 0.295 e. The van der Waals surface area contributed by atoms with Gasteiger partial charge in [-0.05, 0) is 39.7 Å². The van der Waals surface area contributed by atoms with Gasteiger partial charge in [0, 0.05) is 61.4 Å². The number of hydrogen-bond donors (Lipinski definition) is 2. The third-order valence-electron chi connectivity index (χ3n) is 6.17. The molecule has 2 N–H and O–H groups in total. The van der Waals surface area contributed by atoms with Gasteiger partial charge in [0.15, 0.2) is 0 Å². The van der Waals surface area contributed by atoms with E-state index in [0.29, 0.717) is 54.0 Å². The number of aromatic nitrogens is 1. The number of carbonyl (C=O) groups is 3. The highest BCUT2D eigenvalue weighted by Crippen LogP contribution is 2.30. The number of fused-ring (bicyclic) bond motifs is 1. The van der Waals surface area contributed by atoms with Crippen LogP contribution in [0.1, 0.15) is 54.3 Å². The molecule has 8 nitrogen and oxygen atoms in total. The number of ketones is 1. The number of amides is 2. The van der Waals surface area contributed by atoms with Gasteiger partial charge in [-0.2, -0.15) is 0 Å². The largest absolute Gasteiger partial charge is 0.493 e. The molecule has 2 amide bonds. The van der Waals surface area contributed by atoms with Crippen LogP contribution in [-0.4, -0.2) is 77.3 Å². The monoisotopic (exact) mass is 426 g/mol. The van der Waals surface area contributed by atoms with Crippen LogP contribution >= 0.6 is 0 Å². The standard InChI is InChI=1S/C23H30N4O4/c1-4-31-20-10-19-16(9-17(20)22(29)27-13-14(2)24-11-15(27)3)18(12-25-19)21(28)23(30)26-7-5-6-8-26/h9-10,12,14-15,24-25H,4-8,11,13H2,1-3H3/t14-,15?/m0/s1. The normalized spacial score (nSPS) is 21.5. The zero-order valence-electron chi connectivity index (χ0n) is 18.4. The average molecular weight is 427 g/mol. The van der Waals surface area contributed by atoms with Crippen molar-refractivity contribution in [3.63, 3.8) is 0 Å². The molecule has 0 bridgehead atoms. The molecule has 166 valence electrons. The third kappa shape index (κ3) is 4.04. The summed E-state index contributed by atoms with van der Waals surface area (Å²) in [7, 11) is 0. The number of benzene rings is 1. The van der Waals surface area contributed by atoms with Gasteiger partial charge in [0.1, 0.15) is 5.75 Å². The highest BCUT2D eigenvalue weighted by Gasteiger charge is 2.31. The number of carbonyl (C=O) groups excluding carboxylic acids is 3. The molecule has 2 fully saturated rings. The van der Waals surface area contributed by atoms with Crippen molar-refractivity contribution in [3.05, 3.63) is 29.5 Å². The molecule has 0 saturated carbocycles. The smallest absolute Gasteiger partial charge is 0.295 e. The first-order valence-electron chi connectivity index (χ1n) is 11.1. The van der Waals surface area contributed by atoms with Gasteiger partial charge in [0.25, 0.3) is 17.6 Å². The molecule has 2 aliphatic heterocycles. The summed E-state index contributed by atoms with van der Waals surface area (Å²) in [6.07, 6.45) is 3.40. The summed E-state index contributed by atoms with van der Waals surface area (Å²) in [5, 5.41) is 3.95. The van der Waals surface area contributed by atoms with Crippen LogP contribution in [0.2, 0.25) is 0 Å². The van der Waals surface area contributed by atoms with Crippen LogP contribution in [-0.2, 0) is 4.79 Å². The first kappa shape index (κ1) is 21.4. The molecule has 1 aromatic carbocycles. The third-order valence-corrected chi connectivity index (χ3v) is 6.17. The van der Waals surface area contributed by atoms with E-state index in [-0.39, 0.29) is 18.0 Å². The summed E-state index contributed by atoms with van der Waals surface area (Å²) in [6, 6.07) is 3.68. The number of likely N-dealkylation sites (tertiary alicyclic amines) is 1. The predicted octanol–water partition coefficient (Wildman–Crippen LogP) is 2.19. The Morgan fingerprint density at radius 3 is 2.58 bits per heavy atom. The maximum absolute atomic E-state index is 13.5. The van der Waals surface area contributed by atoms with Crippen molar-refractivity contribution in [2.45, 2.75) is 45.7 Å². The molecule has 1 aromatic heterocycles. The molecular weight excluding hydrogens is 396 g/mol. The molecular formula is C23H30N4O4. The van der Waals surface area contributed by atoms with E-state index in [2.05, 4.69) is 10.3 Å². The second-order valence-electron chi connectivity index (χ2n) is 8.47. The van der Waals surface area contributed by atoms with E-state index in [9.17, 15) is 14.4 Å². The van der Waals surface area contributed by atoms with Gasteiger partial charge in [0.05, 0.1) is 17.7 Å². The van der Waals surface area contributed by atoms with Gasteiger partial charge in [-0.25, -0.2) is 0 Å². The molecule has 0 spiro atoms. The number of H-pyrrole nitrogens is 1. The lowest BCUT2D eigenvalue weighted by Crippen LogP contribution is -2.56. The topological polar surface area (TPSA) is 94.7 Å². The Bertz CT molecular complexity index is 1010. The summed E-state index contributed by atoms with van der Waals surface area (Å²) in [6.45, 7) is 8.88. The number of ether oxygens (including phenoxy) is 1. The van der Waals surface area contributed by atoms with Crippen molar-refractivity contribution in [3.8, 4) is 5.75 Å². The number of piperazine rings is 1. The van der Waals surface area contributed by atoms with E-state index in [0.717, 1.165) is 19.4 Å². The van der Waals surface area contributed by atoms with Gasteiger partial charge in [-0.15, -0.1) is 0 Å². The zero-order chi connectivity index (χ0) is 22.1. The lowest BCUT2D eigenvalue weighted by atomic mass is 10.0. The second kappa shape index (κ2) is 8.70. The van der Waals surface area contributed by atoms with Gasteiger partial charge < -0.3 is 24.8 Å². The number of nitrogens with zero attached hydrogens (tertiary/aromatic N) is 2. The zero-order valence-corrected chi connectivity index (χ0v) is 18.4. The Labute approximate surface area is 181 Å². The predicted molar refractivity (Wildman–Crippen MR) is 118 cm³/mol. The Hall–Kier alpha value is -2.87. The fourth-order valence-corrected chi connectivity index (χ4v) is 4.42. The average Bonchev–Trinajstić information content (AvgIpc) is 3.43. The molecule has 0 aliphatic carbocycles. The molecule has 2 aromatic rings. The van der Waals surface area contributed by atoms with Gasteiger partial charge in [0.2, 0.25) is 0 Å². The molecule has 8 heteroatoms. The second-order valence-corrected chi connectivity index (χ2v) is 8.47. The molecule has 1 unspecified atom stereocenters. The molecule has 2 aliphatic rings. The summed E-state index contributed by atoms with van der Waals surface area (Å²) < 4.78 is 5.77. The summed E-state index contributed by atoms with van der Waals surface area (Å²) in [5.41, 5.74) is 1.38. The van der Waals surface area contributed by atoms with Crippen LogP contribution in [0.15, 0.2) is 18.3 Å². The summed E-state index contributed by atoms with van der Waals surface area (Å²) >= 11 is 0. The first-order chi connectivity index (χ1) is 14.9. The number of aromatic amines is 1. The summed E-state index contributed by atoms with van der Waals surface area (Å²) in [4.78, 5) is 45.6. The van der Waals surface area contributed by atoms with Crippen molar-refractivity contribution >= 4 is 28.5 Å². The minimum atomic E-state index is -0.542. The van der Waals surface area contributed by atoms with Crippen molar-refractivity contribution in [1.29, 1.82) is 0 Å². The number of nitrogens with one attached hydrogen (secondary N) is 2. The first-order valence-corrected chi connectivity index (χ1v) is 11.1. The molecule has 4 rings (SSSR count). The molecule has 31 heavy (non-hydrogen) atoms. The fraction of sp³-hybridized carbons (Fsp3) is 0.522. The Balaban J connectivity index is 1.73. The van der Waals surface area contributed by atoms with Crippen molar-refractivity contribution in [2.75, 3.05) is 32.8 Å². The Kier molecular flexibility index (Phi) is 6.00. The van der Waals surface area contributed by atoms with Crippen LogP contribution in [0.4, 0.5) is 0 Å². The Morgan fingerprint density at radius 2 is 1.87 bits per heavy atom. The van der Waals surface area contributed by atoms with Crippen molar-refractivity contribution < 1.29 is 19.1 Å². The highest BCUT2D eigenvalue weighted by molar-refractivity contribution is 6.45. The van der Waals surface area contributed by atoms with Crippen LogP contribution < -0.4 is 10.1 Å². The van der Waals surface area contributed by atoms with Crippen molar-refractivity contribution in [1.82, 2.24) is 20.1 Å². The van der Waals surface area contributed by atoms with E-state index in [1.54, 1.807) is 23.2 Å². The summed E-state index contributed by atoms with van der Waals surface area (Å²) in [5.74, 6) is -0.675. The maximum atomic E-state index is 13.5. The fourth-order valence-electron chi connectivity index (χ4n) is 4.42. The van der Waals surface area contributed by atoms with E-state index >= 15 is 0 Å². The SMILES string of the molecule is CCOc1cc2[nH]cc(C(=O)C(=O)N3CCCC3)c2cc1C(=O)N1C[C@H](C)NCC1C.